The van der Waals surface area contributed by atoms with Gasteiger partial charge in [-0.05, 0) is 43.1 Å². The van der Waals surface area contributed by atoms with Crippen LogP contribution in [0.15, 0.2) is 30.6 Å². The molecule has 2 amide bonds. The van der Waals surface area contributed by atoms with Gasteiger partial charge < -0.3 is 5.32 Å². The molecule has 12 heteroatoms. The number of benzene rings is 1. The summed E-state index contributed by atoms with van der Waals surface area (Å²) in [4.78, 5) is 27.7. The molecule has 2 heterocycles. The van der Waals surface area contributed by atoms with E-state index in [1.807, 2.05) is 0 Å². The van der Waals surface area contributed by atoms with Crippen molar-refractivity contribution in [2.24, 2.45) is 5.92 Å². The van der Waals surface area contributed by atoms with Crippen molar-refractivity contribution >= 4 is 18.0 Å². The summed E-state index contributed by atoms with van der Waals surface area (Å²) in [5.41, 5.74) is 3.42. The minimum Gasteiger partial charge on any atom is -0.316 e. The molecule has 1 atom stereocenters. The van der Waals surface area contributed by atoms with E-state index in [-0.39, 0.29) is 28.8 Å². The monoisotopic (exact) mass is 440 g/mol. The number of nitrogens with one attached hydrogen (secondary N) is 3. The average molecular weight is 440 g/mol. The molecule has 1 aliphatic heterocycles. The molecule has 1 unspecified atom stereocenters. The molecule has 0 aliphatic carbocycles. The zero-order valence-corrected chi connectivity index (χ0v) is 16.2. The third-order valence-corrected chi connectivity index (χ3v) is 4.60. The van der Waals surface area contributed by atoms with E-state index in [1.165, 1.54) is 18.6 Å². The molecule has 1 fully saturated rings. The molecule has 166 valence electrons. The highest BCUT2D eigenvalue weighted by atomic mass is 19.4. The lowest BCUT2D eigenvalue weighted by Gasteiger charge is -2.21. The fourth-order valence-corrected chi connectivity index (χ4v) is 3.03. The number of aromatic nitrogens is 3. The maximum atomic E-state index is 13.0. The van der Waals surface area contributed by atoms with Gasteiger partial charge in [0.15, 0.2) is 5.82 Å². The Hall–Kier alpha value is -3.28. The number of rotatable bonds is 5. The van der Waals surface area contributed by atoms with Crippen LogP contribution >= 0.6 is 0 Å². The van der Waals surface area contributed by atoms with Crippen LogP contribution in [0.3, 0.4) is 0 Å². The lowest BCUT2D eigenvalue weighted by Crippen LogP contribution is -2.47. The van der Waals surface area contributed by atoms with E-state index in [0.717, 1.165) is 42.3 Å². The molecule has 0 radical (unpaired) electrons. The predicted molar refractivity (Wildman–Crippen MR) is 102 cm³/mol. The summed E-state index contributed by atoms with van der Waals surface area (Å²) in [7, 11) is 0. The molecule has 1 aliphatic rings. The van der Waals surface area contributed by atoms with E-state index < -0.39 is 24.3 Å². The van der Waals surface area contributed by atoms with E-state index in [4.69, 9.17) is 0 Å². The largest absolute Gasteiger partial charge is 0.416 e. The summed E-state index contributed by atoms with van der Waals surface area (Å²) in [6, 6.07) is 2.77. The zero-order chi connectivity index (χ0) is 22.4. The van der Waals surface area contributed by atoms with Gasteiger partial charge in [0.1, 0.15) is 13.0 Å². The van der Waals surface area contributed by atoms with Crippen LogP contribution in [0.4, 0.5) is 17.6 Å². The van der Waals surface area contributed by atoms with Gasteiger partial charge >= 0.3 is 6.18 Å². The van der Waals surface area contributed by atoms with Crippen molar-refractivity contribution in [3.63, 3.8) is 0 Å². The van der Waals surface area contributed by atoms with Gasteiger partial charge in [0.2, 0.25) is 5.91 Å². The maximum Gasteiger partial charge on any atom is 0.416 e. The Morgan fingerprint density at radius 2 is 2.06 bits per heavy atom. The summed E-state index contributed by atoms with van der Waals surface area (Å²) in [5, 5.41) is 7.07. The van der Waals surface area contributed by atoms with E-state index in [2.05, 4.69) is 26.3 Å². The molecule has 1 aromatic heterocycles. The lowest BCUT2D eigenvalue weighted by atomic mass is 9.99. The van der Waals surface area contributed by atoms with Crippen LogP contribution in [0, 0.1) is 5.92 Å². The Morgan fingerprint density at radius 3 is 2.74 bits per heavy atom. The van der Waals surface area contributed by atoms with Crippen molar-refractivity contribution in [3.05, 3.63) is 41.7 Å². The van der Waals surface area contributed by atoms with Crippen molar-refractivity contribution in [2.45, 2.75) is 25.7 Å². The Bertz CT molecular complexity index is 967. The molecule has 3 rings (SSSR count). The molecule has 31 heavy (non-hydrogen) atoms. The topological polar surface area (TPSA) is 101 Å². The van der Waals surface area contributed by atoms with Crippen LogP contribution in [0.1, 0.15) is 24.0 Å². The Kier molecular flexibility index (Phi) is 7.00. The number of piperidine rings is 1. The minimum absolute atomic E-state index is 0.00701. The Morgan fingerprint density at radius 1 is 1.26 bits per heavy atom. The van der Waals surface area contributed by atoms with Crippen molar-refractivity contribution in [3.8, 4) is 11.4 Å². The van der Waals surface area contributed by atoms with Gasteiger partial charge in [-0.3, -0.25) is 20.4 Å². The first-order valence-electron chi connectivity index (χ1n) is 9.43. The van der Waals surface area contributed by atoms with Gasteiger partial charge in [0.05, 0.1) is 11.5 Å². The zero-order valence-electron chi connectivity index (χ0n) is 16.2. The van der Waals surface area contributed by atoms with Crippen molar-refractivity contribution < 1.29 is 27.2 Å². The molecular formula is C19H20F4N6O2. The van der Waals surface area contributed by atoms with Gasteiger partial charge in [-0.2, -0.15) is 13.2 Å². The number of amides is 2. The van der Waals surface area contributed by atoms with E-state index in [0.29, 0.717) is 6.54 Å². The number of hydrogen-bond acceptors (Lipinski definition) is 5. The van der Waals surface area contributed by atoms with Crippen LogP contribution in [0.5, 0.6) is 0 Å². The fraction of sp³-hybridized carbons (Fsp3) is 0.368. The van der Waals surface area contributed by atoms with Gasteiger partial charge in [-0.15, -0.1) is 5.10 Å². The molecule has 1 aromatic carbocycles. The quantitative estimate of drug-likeness (QED) is 0.375. The van der Waals surface area contributed by atoms with E-state index in [1.54, 1.807) is 0 Å². The van der Waals surface area contributed by atoms with Crippen molar-refractivity contribution in [1.29, 1.82) is 0 Å². The van der Waals surface area contributed by atoms with Crippen molar-refractivity contribution in [1.82, 2.24) is 30.9 Å². The summed E-state index contributed by atoms with van der Waals surface area (Å²) < 4.78 is 53.1. The average Bonchev–Trinajstić information content (AvgIpc) is 3.25. The maximum absolute atomic E-state index is 13.0. The Balaban J connectivity index is 1.62. The first kappa shape index (κ1) is 22.4. The SMILES string of the molecule is O=C(/C=C\n1cnc(-c2cc(CF)cc(C(F)(F)F)c2)n1)NNC(=O)C1CCCNC1. The number of nitrogens with zero attached hydrogens (tertiary/aromatic N) is 3. The molecule has 2 aromatic rings. The number of carbonyl (C=O) groups excluding carboxylic acids is 2. The van der Waals surface area contributed by atoms with Gasteiger partial charge in [-0.25, -0.2) is 14.1 Å². The first-order valence-corrected chi connectivity index (χ1v) is 9.43. The van der Waals surface area contributed by atoms with Crippen LogP contribution in [-0.4, -0.2) is 39.7 Å². The van der Waals surface area contributed by atoms with Gasteiger partial charge in [0, 0.05) is 24.4 Å². The smallest absolute Gasteiger partial charge is 0.316 e. The summed E-state index contributed by atoms with van der Waals surface area (Å²) >= 11 is 0. The molecule has 0 saturated carbocycles. The summed E-state index contributed by atoms with van der Waals surface area (Å²) in [5.74, 6) is -1.22. The third-order valence-electron chi connectivity index (χ3n) is 4.60. The summed E-state index contributed by atoms with van der Waals surface area (Å²) in [6.45, 7) is 0.327. The number of hydrazine groups is 1. The fourth-order valence-electron chi connectivity index (χ4n) is 3.03. The molecule has 3 N–H and O–H groups in total. The minimum atomic E-state index is -4.64. The van der Waals surface area contributed by atoms with Crippen molar-refractivity contribution in [2.75, 3.05) is 13.1 Å². The van der Waals surface area contributed by atoms with Gasteiger partial charge in [-0.1, -0.05) is 0 Å². The van der Waals surface area contributed by atoms with E-state index >= 15 is 0 Å². The molecule has 1 saturated heterocycles. The van der Waals surface area contributed by atoms with Crippen LogP contribution < -0.4 is 16.2 Å². The highest BCUT2D eigenvalue weighted by molar-refractivity contribution is 5.92. The lowest BCUT2D eigenvalue weighted by molar-refractivity contribution is -0.137. The highest BCUT2D eigenvalue weighted by Gasteiger charge is 2.31. The van der Waals surface area contributed by atoms with Crippen LogP contribution in [0.2, 0.25) is 0 Å². The predicted octanol–water partition coefficient (Wildman–Crippen LogP) is 2.05. The number of halogens is 4. The molecule has 0 spiro atoms. The Labute approximate surface area is 174 Å². The highest BCUT2D eigenvalue weighted by Crippen LogP contribution is 2.33. The number of hydrogen-bond donors (Lipinski definition) is 3. The first-order chi connectivity index (χ1) is 14.8. The summed E-state index contributed by atoms with van der Waals surface area (Å²) in [6.07, 6.45) is 0.422. The molecule has 0 bridgehead atoms. The van der Waals surface area contributed by atoms with Crippen LogP contribution in [0.25, 0.3) is 17.6 Å². The van der Waals surface area contributed by atoms with E-state index in [9.17, 15) is 27.2 Å². The third kappa shape index (κ3) is 6.10. The standard InChI is InChI=1S/C19H20F4N6O2/c20-9-12-6-14(8-15(7-12)19(21,22)23)17-25-11-29(28-17)5-3-16(30)26-27-18(31)13-2-1-4-24-10-13/h3,5-8,11,13,24H,1-2,4,9-10H2,(H,26,30)(H,27,31)/b5-3-. The van der Waals surface area contributed by atoms with Crippen LogP contribution in [-0.2, 0) is 22.4 Å². The second kappa shape index (κ2) is 9.69. The normalized spacial score (nSPS) is 17.0. The second-order valence-electron chi connectivity index (χ2n) is 6.94. The number of carbonyl (C=O) groups is 2. The van der Waals surface area contributed by atoms with Gasteiger partial charge in [0.25, 0.3) is 5.91 Å². The second-order valence-corrected chi connectivity index (χ2v) is 6.94. The molecular weight excluding hydrogens is 420 g/mol. The number of alkyl halides is 4. The molecule has 8 nitrogen and oxygen atoms in total.